The number of anilines is 1. The van der Waals surface area contributed by atoms with E-state index in [0.29, 0.717) is 17.8 Å². The number of aromatic nitrogens is 4. The lowest BCUT2D eigenvalue weighted by atomic mass is 10.1. The molecule has 0 bridgehead atoms. The van der Waals surface area contributed by atoms with Gasteiger partial charge in [0.15, 0.2) is 0 Å². The highest BCUT2D eigenvalue weighted by Gasteiger charge is 2.25. The zero-order valence-corrected chi connectivity index (χ0v) is 15.4. The maximum Gasteiger partial charge on any atom is 0.321 e. The van der Waals surface area contributed by atoms with Gasteiger partial charge in [-0.25, -0.2) is 9.48 Å². The van der Waals surface area contributed by atoms with Gasteiger partial charge in [0.1, 0.15) is 0 Å². The zero-order valence-electron chi connectivity index (χ0n) is 15.4. The minimum absolute atomic E-state index is 0.00763. The monoisotopic (exact) mass is 366 g/mol. The van der Waals surface area contributed by atoms with Crippen LogP contribution in [0.3, 0.4) is 0 Å². The van der Waals surface area contributed by atoms with Gasteiger partial charge in [0, 0.05) is 43.0 Å². The summed E-state index contributed by atoms with van der Waals surface area (Å²) in [5.41, 5.74) is 2.23. The molecule has 1 saturated heterocycles. The Bertz CT molecular complexity index is 1040. The molecule has 4 rings (SSSR count). The number of nitrogens with one attached hydrogen (secondary N) is 1. The predicted molar refractivity (Wildman–Crippen MR) is 103 cm³/mol. The number of carbonyl (C=O) groups is 1. The first kappa shape index (κ1) is 17.3. The minimum atomic E-state index is -0.124. The minimum Gasteiger partial charge on any atom is -0.322 e. The molecule has 0 radical (unpaired) electrons. The van der Waals surface area contributed by atoms with Gasteiger partial charge < -0.3 is 14.8 Å². The summed E-state index contributed by atoms with van der Waals surface area (Å²) in [6.07, 6.45) is 5.40. The lowest BCUT2D eigenvalue weighted by Crippen LogP contribution is -2.43. The molecule has 0 spiro atoms. The highest BCUT2D eigenvalue weighted by atomic mass is 16.2. The fraction of sp³-hybridized carbons (Fsp3) is 0.368. The number of likely N-dealkylation sites (tertiary alicyclic amines) is 1. The first-order chi connectivity index (χ1) is 13.0. The van der Waals surface area contributed by atoms with Crippen LogP contribution in [0.5, 0.6) is 0 Å². The van der Waals surface area contributed by atoms with Crippen LogP contribution in [0.25, 0.3) is 10.9 Å². The van der Waals surface area contributed by atoms with E-state index < -0.39 is 0 Å². The number of amides is 2. The summed E-state index contributed by atoms with van der Waals surface area (Å²) >= 11 is 0. The SMILES string of the molecule is Cc1cc2cc(NC(=O)N3CCCC(n4ccnn4)C3)ccc2n(C)c1=O. The van der Waals surface area contributed by atoms with Crippen molar-refractivity contribution in [1.82, 2.24) is 24.5 Å². The van der Waals surface area contributed by atoms with Crippen molar-refractivity contribution in [2.75, 3.05) is 18.4 Å². The molecule has 1 atom stereocenters. The molecule has 0 aliphatic carbocycles. The average molecular weight is 366 g/mol. The van der Waals surface area contributed by atoms with Gasteiger partial charge in [-0.3, -0.25) is 4.79 Å². The van der Waals surface area contributed by atoms with Gasteiger partial charge in [0.05, 0.1) is 17.8 Å². The Morgan fingerprint density at radius 1 is 1.30 bits per heavy atom. The Kier molecular flexibility index (Phi) is 4.39. The molecule has 1 N–H and O–H groups in total. The summed E-state index contributed by atoms with van der Waals surface area (Å²) in [4.78, 5) is 26.6. The molecule has 1 aromatic carbocycles. The normalized spacial score (nSPS) is 17.3. The van der Waals surface area contributed by atoms with Crippen LogP contribution in [0.2, 0.25) is 0 Å². The highest BCUT2D eigenvalue weighted by Crippen LogP contribution is 2.22. The second-order valence-electron chi connectivity index (χ2n) is 7.02. The predicted octanol–water partition coefficient (Wildman–Crippen LogP) is 2.31. The van der Waals surface area contributed by atoms with E-state index in [-0.39, 0.29) is 17.6 Å². The second-order valence-corrected chi connectivity index (χ2v) is 7.02. The van der Waals surface area contributed by atoms with Gasteiger partial charge in [0.25, 0.3) is 5.56 Å². The summed E-state index contributed by atoms with van der Waals surface area (Å²) in [5.74, 6) is 0. The average Bonchev–Trinajstić information content (AvgIpc) is 3.21. The molecule has 3 heterocycles. The Balaban J connectivity index is 1.52. The summed E-state index contributed by atoms with van der Waals surface area (Å²) < 4.78 is 3.45. The molecule has 1 aliphatic heterocycles. The van der Waals surface area contributed by atoms with E-state index >= 15 is 0 Å². The van der Waals surface area contributed by atoms with Gasteiger partial charge in [-0.05, 0) is 44.0 Å². The maximum absolute atomic E-state index is 12.7. The number of benzene rings is 1. The fourth-order valence-corrected chi connectivity index (χ4v) is 3.69. The summed E-state index contributed by atoms with van der Waals surface area (Å²) in [7, 11) is 1.76. The molecular formula is C19H22N6O2. The molecule has 0 saturated carbocycles. The summed E-state index contributed by atoms with van der Waals surface area (Å²) in [6.45, 7) is 3.12. The largest absolute Gasteiger partial charge is 0.322 e. The van der Waals surface area contributed by atoms with Crippen LogP contribution in [0.4, 0.5) is 10.5 Å². The van der Waals surface area contributed by atoms with Crippen LogP contribution >= 0.6 is 0 Å². The molecule has 8 nitrogen and oxygen atoms in total. The summed E-state index contributed by atoms with van der Waals surface area (Å²) in [6, 6.07) is 7.48. The number of urea groups is 1. The van der Waals surface area contributed by atoms with E-state index in [1.165, 1.54) is 0 Å². The third kappa shape index (κ3) is 3.30. The van der Waals surface area contributed by atoms with Crippen LogP contribution < -0.4 is 10.9 Å². The Morgan fingerprint density at radius 2 is 2.15 bits per heavy atom. The van der Waals surface area contributed by atoms with Crippen LogP contribution in [0, 0.1) is 6.92 Å². The van der Waals surface area contributed by atoms with Crippen molar-refractivity contribution in [2.24, 2.45) is 7.05 Å². The molecule has 8 heteroatoms. The molecule has 27 heavy (non-hydrogen) atoms. The van der Waals surface area contributed by atoms with E-state index in [4.69, 9.17) is 0 Å². The van der Waals surface area contributed by atoms with Crippen LogP contribution in [-0.4, -0.2) is 43.6 Å². The number of fused-ring (bicyclic) bond motifs is 1. The Labute approximate surface area is 156 Å². The molecule has 1 unspecified atom stereocenters. The lowest BCUT2D eigenvalue weighted by Gasteiger charge is -2.32. The van der Waals surface area contributed by atoms with Gasteiger partial charge in [0.2, 0.25) is 0 Å². The van der Waals surface area contributed by atoms with Crippen molar-refractivity contribution in [2.45, 2.75) is 25.8 Å². The third-order valence-corrected chi connectivity index (χ3v) is 5.15. The van der Waals surface area contributed by atoms with Crippen LogP contribution in [0.15, 0.2) is 41.5 Å². The molecule has 3 aromatic rings. The topological polar surface area (TPSA) is 85.1 Å². The smallest absolute Gasteiger partial charge is 0.321 e. The van der Waals surface area contributed by atoms with Gasteiger partial charge in [-0.15, -0.1) is 5.10 Å². The lowest BCUT2D eigenvalue weighted by molar-refractivity contribution is 0.174. The quantitative estimate of drug-likeness (QED) is 0.754. The molecule has 2 aromatic heterocycles. The number of carbonyl (C=O) groups excluding carboxylic acids is 1. The molecule has 140 valence electrons. The zero-order chi connectivity index (χ0) is 19.0. The standard InChI is InChI=1S/C19H22N6O2/c1-13-10-14-11-15(5-6-17(14)23(2)18(13)26)21-19(27)24-8-3-4-16(12-24)25-9-7-20-22-25/h5-7,9-11,16H,3-4,8,12H2,1-2H3,(H,21,27). The second kappa shape index (κ2) is 6.86. The van der Waals surface area contributed by atoms with Gasteiger partial charge in [-0.1, -0.05) is 5.21 Å². The highest BCUT2D eigenvalue weighted by molar-refractivity contribution is 5.93. The number of nitrogens with zero attached hydrogens (tertiary/aromatic N) is 5. The van der Waals surface area contributed by atoms with Crippen molar-refractivity contribution in [1.29, 1.82) is 0 Å². The van der Waals surface area contributed by atoms with Gasteiger partial charge >= 0.3 is 6.03 Å². The summed E-state index contributed by atoms with van der Waals surface area (Å²) in [5, 5.41) is 11.8. The number of hydrogen-bond donors (Lipinski definition) is 1. The van der Waals surface area contributed by atoms with E-state index in [1.54, 1.807) is 24.7 Å². The van der Waals surface area contributed by atoms with E-state index in [1.807, 2.05) is 40.0 Å². The first-order valence-electron chi connectivity index (χ1n) is 9.05. The van der Waals surface area contributed by atoms with Crippen molar-refractivity contribution in [3.05, 3.63) is 52.6 Å². The third-order valence-electron chi connectivity index (χ3n) is 5.15. The van der Waals surface area contributed by atoms with Crippen molar-refractivity contribution >= 4 is 22.6 Å². The first-order valence-corrected chi connectivity index (χ1v) is 9.05. The number of hydrogen-bond acceptors (Lipinski definition) is 4. The number of piperidine rings is 1. The van der Waals surface area contributed by atoms with Crippen molar-refractivity contribution in [3.8, 4) is 0 Å². The van der Waals surface area contributed by atoms with Crippen molar-refractivity contribution < 1.29 is 4.79 Å². The van der Waals surface area contributed by atoms with Crippen LogP contribution in [-0.2, 0) is 7.05 Å². The Hall–Kier alpha value is -3.16. The van der Waals surface area contributed by atoms with E-state index in [9.17, 15) is 9.59 Å². The number of rotatable bonds is 2. The van der Waals surface area contributed by atoms with Crippen LogP contribution in [0.1, 0.15) is 24.4 Å². The number of pyridine rings is 1. The Morgan fingerprint density at radius 3 is 2.93 bits per heavy atom. The molecule has 2 amide bonds. The van der Waals surface area contributed by atoms with Crippen molar-refractivity contribution in [3.63, 3.8) is 0 Å². The number of aryl methyl sites for hydroxylation is 2. The molecule has 1 fully saturated rings. The molecular weight excluding hydrogens is 344 g/mol. The maximum atomic E-state index is 12.7. The van der Waals surface area contributed by atoms with Gasteiger partial charge in [-0.2, -0.15) is 0 Å². The molecule has 1 aliphatic rings. The van der Waals surface area contributed by atoms with E-state index in [0.717, 1.165) is 30.3 Å². The fourth-order valence-electron chi connectivity index (χ4n) is 3.69. The van der Waals surface area contributed by atoms with E-state index in [2.05, 4.69) is 15.6 Å².